The van der Waals surface area contributed by atoms with Gasteiger partial charge in [-0.25, -0.2) is 0 Å². The second kappa shape index (κ2) is 4.38. The molecule has 16 heavy (non-hydrogen) atoms. The van der Waals surface area contributed by atoms with E-state index in [1.807, 2.05) is 6.07 Å². The zero-order chi connectivity index (χ0) is 11.8. The quantitative estimate of drug-likeness (QED) is 0.858. The maximum atomic E-state index is 6.23. The highest BCUT2D eigenvalue weighted by Gasteiger charge is 2.36. The van der Waals surface area contributed by atoms with Gasteiger partial charge in [-0.3, -0.25) is 0 Å². The minimum absolute atomic E-state index is 0.0299. The first kappa shape index (κ1) is 11.9. The number of hydrogen-bond donors (Lipinski definition) is 1. The second-order valence-corrected chi connectivity index (χ2v) is 5.86. The molecule has 2 nitrogen and oxygen atoms in total. The monoisotopic (exact) mass is 282 g/mol. The summed E-state index contributed by atoms with van der Waals surface area (Å²) in [7, 11) is 0. The number of piperidine rings is 1. The van der Waals surface area contributed by atoms with Gasteiger partial charge >= 0.3 is 0 Å². The van der Waals surface area contributed by atoms with E-state index in [0.717, 1.165) is 17.4 Å². The van der Waals surface area contributed by atoms with Gasteiger partial charge in [0.25, 0.3) is 0 Å². The Labute approximate surface area is 106 Å². The van der Waals surface area contributed by atoms with Crippen LogP contribution in [-0.4, -0.2) is 18.1 Å². The summed E-state index contributed by atoms with van der Waals surface area (Å²) in [6.07, 6.45) is 2.29. The van der Waals surface area contributed by atoms with E-state index in [9.17, 15) is 0 Å². The maximum Gasteiger partial charge on any atom is 0.0515 e. The standard InChI is InChI=1S/C13H19BrN2/c1-13(2)12(15)8-5-9-16(13)11-7-4-3-6-10(11)14/h3-4,6-7,12H,5,8-9,15H2,1-2H3. The molecule has 0 amide bonds. The molecule has 2 rings (SSSR count). The van der Waals surface area contributed by atoms with Gasteiger partial charge in [0.05, 0.1) is 5.69 Å². The molecule has 1 atom stereocenters. The number of benzene rings is 1. The van der Waals surface area contributed by atoms with Crippen LogP contribution in [0.2, 0.25) is 0 Å². The molecule has 1 aromatic carbocycles. The van der Waals surface area contributed by atoms with Crippen LogP contribution in [0.3, 0.4) is 0 Å². The van der Waals surface area contributed by atoms with Crippen molar-refractivity contribution in [1.82, 2.24) is 0 Å². The SMILES string of the molecule is CC1(C)C(N)CCCN1c1ccccc1Br. The Morgan fingerprint density at radius 2 is 2.06 bits per heavy atom. The van der Waals surface area contributed by atoms with Gasteiger partial charge in [-0.05, 0) is 54.8 Å². The van der Waals surface area contributed by atoms with Gasteiger partial charge in [0.1, 0.15) is 0 Å². The highest BCUT2D eigenvalue weighted by molar-refractivity contribution is 9.10. The molecule has 0 saturated carbocycles. The number of nitrogens with zero attached hydrogens (tertiary/aromatic N) is 1. The van der Waals surface area contributed by atoms with Gasteiger partial charge in [-0.1, -0.05) is 12.1 Å². The molecule has 3 heteroatoms. The fraction of sp³-hybridized carbons (Fsp3) is 0.538. The molecule has 0 spiro atoms. The molecule has 1 aliphatic rings. The second-order valence-electron chi connectivity index (χ2n) is 5.01. The van der Waals surface area contributed by atoms with Crippen molar-refractivity contribution < 1.29 is 0 Å². The van der Waals surface area contributed by atoms with E-state index in [2.05, 4.69) is 52.9 Å². The van der Waals surface area contributed by atoms with Crippen molar-refractivity contribution in [1.29, 1.82) is 0 Å². The third-order valence-corrected chi connectivity index (χ3v) is 4.31. The molecule has 0 bridgehead atoms. The molecule has 1 saturated heterocycles. The average Bonchev–Trinajstić information content (AvgIpc) is 2.24. The van der Waals surface area contributed by atoms with Crippen molar-refractivity contribution in [3.05, 3.63) is 28.7 Å². The average molecular weight is 283 g/mol. The predicted octanol–water partition coefficient (Wildman–Crippen LogP) is 3.16. The normalized spacial score (nSPS) is 24.5. The highest BCUT2D eigenvalue weighted by atomic mass is 79.9. The summed E-state index contributed by atoms with van der Waals surface area (Å²) in [5.41, 5.74) is 7.52. The fourth-order valence-corrected chi connectivity index (χ4v) is 2.91. The smallest absolute Gasteiger partial charge is 0.0515 e. The zero-order valence-electron chi connectivity index (χ0n) is 9.91. The van der Waals surface area contributed by atoms with Crippen LogP contribution < -0.4 is 10.6 Å². The topological polar surface area (TPSA) is 29.3 Å². The molecule has 1 heterocycles. The first-order valence-corrected chi connectivity index (χ1v) is 6.60. The Bertz CT molecular complexity index is 376. The summed E-state index contributed by atoms with van der Waals surface area (Å²) in [4.78, 5) is 2.42. The molecule has 1 unspecified atom stereocenters. The Kier molecular flexibility index (Phi) is 3.27. The molecule has 0 aliphatic carbocycles. The number of anilines is 1. The summed E-state index contributed by atoms with van der Waals surface area (Å²) in [6.45, 7) is 5.55. The Morgan fingerprint density at radius 3 is 2.75 bits per heavy atom. The van der Waals surface area contributed by atoms with Crippen molar-refractivity contribution in [2.45, 2.75) is 38.3 Å². The van der Waals surface area contributed by atoms with Crippen LogP contribution in [0.5, 0.6) is 0 Å². The Balaban J connectivity index is 2.36. The number of rotatable bonds is 1. The summed E-state index contributed by atoms with van der Waals surface area (Å²) in [6, 6.07) is 8.62. The molecule has 2 N–H and O–H groups in total. The van der Waals surface area contributed by atoms with Gasteiger partial charge in [-0.15, -0.1) is 0 Å². The lowest BCUT2D eigenvalue weighted by molar-refractivity contribution is 0.309. The van der Waals surface area contributed by atoms with E-state index in [0.29, 0.717) is 0 Å². The Hall–Kier alpha value is -0.540. The summed E-state index contributed by atoms with van der Waals surface area (Å²) in [5.74, 6) is 0. The lowest BCUT2D eigenvalue weighted by Crippen LogP contribution is -2.60. The first-order chi connectivity index (χ1) is 7.53. The first-order valence-electron chi connectivity index (χ1n) is 5.81. The molecular formula is C13H19BrN2. The zero-order valence-corrected chi connectivity index (χ0v) is 11.5. The number of para-hydroxylation sites is 1. The van der Waals surface area contributed by atoms with Crippen LogP contribution in [0.25, 0.3) is 0 Å². The lowest BCUT2D eigenvalue weighted by Gasteiger charge is -2.48. The molecular weight excluding hydrogens is 264 g/mol. The summed E-state index contributed by atoms with van der Waals surface area (Å²) < 4.78 is 1.15. The number of nitrogens with two attached hydrogens (primary N) is 1. The predicted molar refractivity (Wildman–Crippen MR) is 72.8 cm³/mol. The van der Waals surface area contributed by atoms with Gasteiger partial charge in [0.15, 0.2) is 0 Å². The van der Waals surface area contributed by atoms with Crippen molar-refractivity contribution in [2.75, 3.05) is 11.4 Å². The van der Waals surface area contributed by atoms with Gasteiger partial charge < -0.3 is 10.6 Å². The number of hydrogen-bond acceptors (Lipinski definition) is 2. The van der Waals surface area contributed by atoms with Crippen molar-refractivity contribution >= 4 is 21.6 Å². The fourth-order valence-electron chi connectivity index (χ4n) is 2.41. The molecule has 1 aromatic rings. The molecule has 1 aliphatic heterocycles. The number of halogens is 1. The van der Waals surface area contributed by atoms with Crippen molar-refractivity contribution in [3.8, 4) is 0 Å². The lowest BCUT2D eigenvalue weighted by atomic mass is 9.85. The molecule has 1 fully saturated rings. The molecule has 0 aromatic heterocycles. The third-order valence-electron chi connectivity index (χ3n) is 3.64. The third kappa shape index (κ3) is 1.98. The van der Waals surface area contributed by atoms with Crippen LogP contribution in [0.15, 0.2) is 28.7 Å². The maximum absolute atomic E-state index is 6.23. The van der Waals surface area contributed by atoms with E-state index in [4.69, 9.17) is 5.73 Å². The van der Waals surface area contributed by atoms with Crippen LogP contribution >= 0.6 is 15.9 Å². The van der Waals surface area contributed by atoms with E-state index in [1.165, 1.54) is 12.1 Å². The molecule has 0 radical (unpaired) electrons. The van der Waals surface area contributed by atoms with Crippen LogP contribution in [0.1, 0.15) is 26.7 Å². The largest absolute Gasteiger partial charge is 0.364 e. The van der Waals surface area contributed by atoms with Crippen LogP contribution in [0, 0.1) is 0 Å². The van der Waals surface area contributed by atoms with Gasteiger partial charge in [-0.2, -0.15) is 0 Å². The van der Waals surface area contributed by atoms with E-state index in [1.54, 1.807) is 0 Å². The minimum atomic E-state index is 0.0299. The van der Waals surface area contributed by atoms with E-state index < -0.39 is 0 Å². The van der Waals surface area contributed by atoms with E-state index in [-0.39, 0.29) is 11.6 Å². The van der Waals surface area contributed by atoms with Crippen molar-refractivity contribution in [3.63, 3.8) is 0 Å². The van der Waals surface area contributed by atoms with E-state index >= 15 is 0 Å². The van der Waals surface area contributed by atoms with Crippen LogP contribution in [0.4, 0.5) is 5.69 Å². The van der Waals surface area contributed by atoms with Crippen LogP contribution in [-0.2, 0) is 0 Å². The minimum Gasteiger partial charge on any atom is -0.364 e. The highest BCUT2D eigenvalue weighted by Crippen LogP contribution is 2.35. The van der Waals surface area contributed by atoms with Crippen molar-refractivity contribution in [2.24, 2.45) is 5.73 Å². The Morgan fingerprint density at radius 1 is 1.38 bits per heavy atom. The summed E-state index contributed by atoms with van der Waals surface area (Å²) in [5, 5.41) is 0. The van der Waals surface area contributed by atoms with Gasteiger partial charge in [0, 0.05) is 22.6 Å². The molecule has 88 valence electrons. The van der Waals surface area contributed by atoms with Gasteiger partial charge in [0.2, 0.25) is 0 Å². The summed E-state index contributed by atoms with van der Waals surface area (Å²) >= 11 is 3.62.